The highest BCUT2D eigenvalue weighted by Gasteiger charge is 2.60. The van der Waals surface area contributed by atoms with E-state index >= 15 is 0 Å². The molecule has 2 fully saturated rings. The average molecular weight is 444 g/mol. The summed E-state index contributed by atoms with van der Waals surface area (Å²) in [7, 11) is 3.15. The summed E-state index contributed by atoms with van der Waals surface area (Å²) in [5.74, 6) is -0.213. The minimum Gasteiger partial charge on any atom is -0.497 e. The number of hydrogen-bond acceptors (Lipinski definition) is 6. The first-order valence-corrected chi connectivity index (χ1v) is 10.7. The Kier molecular flexibility index (Phi) is 5.26. The Morgan fingerprint density at radius 2 is 1.58 bits per heavy atom. The van der Waals surface area contributed by atoms with Gasteiger partial charge < -0.3 is 9.47 Å². The summed E-state index contributed by atoms with van der Waals surface area (Å²) in [4.78, 5) is 34.6. The summed E-state index contributed by atoms with van der Waals surface area (Å²) in [5, 5.41) is 1.66. The van der Waals surface area contributed by atoms with Gasteiger partial charge in [0, 0.05) is 11.6 Å². The Hall–Kier alpha value is -3.84. The van der Waals surface area contributed by atoms with Crippen LogP contribution in [0, 0.1) is 12.8 Å². The van der Waals surface area contributed by atoms with Gasteiger partial charge in [-0.25, -0.2) is 9.96 Å². The molecule has 2 aliphatic rings. The lowest BCUT2D eigenvalue weighted by Gasteiger charge is -2.29. The molecular formula is C26H24N2O5. The minimum atomic E-state index is -0.935. The molecular weight excluding hydrogens is 420 g/mol. The smallest absolute Gasteiger partial charge is 0.266 e. The number of rotatable bonds is 5. The second kappa shape index (κ2) is 8.26. The molecule has 3 aromatic rings. The number of para-hydroxylation sites is 1. The molecule has 2 amide bonds. The van der Waals surface area contributed by atoms with E-state index in [4.69, 9.17) is 14.3 Å². The number of hydrogen-bond donors (Lipinski definition) is 0. The molecule has 168 valence electrons. The largest absolute Gasteiger partial charge is 0.497 e. The second-order valence-electron chi connectivity index (χ2n) is 8.12. The monoisotopic (exact) mass is 444 g/mol. The number of ether oxygens (including phenoxy) is 2. The van der Waals surface area contributed by atoms with Crippen molar-refractivity contribution in [1.82, 2.24) is 0 Å². The molecule has 3 unspecified atom stereocenters. The van der Waals surface area contributed by atoms with Crippen LogP contribution in [0.5, 0.6) is 11.5 Å². The van der Waals surface area contributed by atoms with Crippen LogP contribution in [-0.2, 0) is 14.4 Å². The van der Waals surface area contributed by atoms with E-state index in [-0.39, 0.29) is 11.8 Å². The Labute approximate surface area is 192 Å². The molecule has 0 N–H and O–H groups in total. The fourth-order valence-corrected chi connectivity index (χ4v) is 4.61. The summed E-state index contributed by atoms with van der Waals surface area (Å²) in [6, 6.07) is 21.7. The standard InChI is InChI=1S/C26H24N2O5/c1-16-8-7-11-18(14-16)27-25(29)22-23(20-13-12-19(31-2)15-21(20)32-3)28(33-24(22)26(27)30)17-9-5-4-6-10-17/h4-15,22-24H,1-3H3. The fraction of sp³-hybridized carbons (Fsp3) is 0.231. The first-order valence-electron chi connectivity index (χ1n) is 10.7. The number of carbonyl (C=O) groups excluding carboxylic acids is 2. The van der Waals surface area contributed by atoms with E-state index in [0.29, 0.717) is 17.2 Å². The molecule has 0 spiro atoms. The number of fused-ring (bicyclic) bond motifs is 1. The van der Waals surface area contributed by atoms with Gasteiger partial charge in [0.15, 0.2) is 6.10 Å². The summed E-state index contributed by atoms with van der Waals surface area (Å²) in [6.45, 7) is 1.92. The number of amides is 2. The van der Waals surface area contributed by atoms with Gasteiger partial charge in [-0.1, -0.05) is 30.3 Å². The van der Waals surface area contributed by atoms with Crippen LogP contribution in [0.2, 0.25) is 0 Å². The number of nitrogens with zero attached hydrogens (tertiary/aromatic N) is 2. The lowest BCUT2D eigenvalue weighted by molar-refractivity contribution is -0.126. The summed E-state index contributed by atoms with van der Waals surface area (Å²) >= 11 is 0. The van der Waals surface area contributed by atoms with Crippen LogP contribution >= 0.6 is 0 Å². The highest BCUT2D eigenvalue weighted by molar-refractivity contribution is 6.24. The van der Waals surface area contributed by atoms with Crippen molar-refractivity contribution in [3.63, 3.8) is 0 Å². The normalized spacial score (nSPS) is 22.0. The maximum atomic E-state index is 13.7. The number of carbonyl (C=O) groups is 2. The quantitative estimate of drug-likeness (QED) is 0.553. The van der Waals surface area contributed by atoms with Crippen molar-refractivity contribution in [2.45, 2.75) is 19.1 Å². The number of hydroxylamine groups is 1. The number of aryl methyl sites for hydroxylation is 1. The molecule has 0 bridgehead atoms. The lowest BCUT2D eigenvalue weighted by Crippen LogP contribution is -2.37. The van der Waals surface area contributed by atoms with E-state index in [0.717, 1.165) is 16.8 Å². The number of benzene rings is 3. The Morgan fingerprint density at radius 3 is 2.27 bits per heavy atom. The second-order valence-corrected chi connectivity index (χ2v) is 8.12. The van der Waals surface area contributed by atoms with Gasteiger partial charge in [-0.3, -0.25) is 14.4 Å². The SMILES string of the molecule is COc1ccc(C2C3C(=O)N(c4cccc(C)c4)C(=O)C3ON2c2ccccc2)c(OC)c1. The highest BCUT2D eigenvalue weighted by atomic mass is 16.7. The zero-order valence-electron chi connectivity index (χ0n) is 18.6. The zero-order chi connectivity index (χ0) is 23.1. The molecule has 3 aromatic carbocycles. The van der Waals surface area contributed by atoms with Gasteiger partial charge in [0.1, 0.15) is 17.4 Å². The summed E-state index contributed by atoms with van der Waals surface area (Å²) in [6.07, 6.45) is -0.935. The van der Waals surface area contributed by atoms with Crippen molar-refractivity contribution < 1.29 is 23.9 Å². The third kappa shape index (κ3) is 3.41. The van der Waals surface area contributed by atoms with Crippen LogP contribution in [0.25, 0.3) is 0 Å². The van der Waals surface area contributed by atoms with Gasteiger partial charge in [-0.15, -0.1) is 0 Å². The first kappa shape index (κ1) is 21.0. The van der Waals surface area contributed by atoms with E-state index in [1.165, 1.54) is 4.90 Å². The number of methoxy groups -OCH3 is 2. The predicted octanol–water partition coefficient (Wildman–Crippen LogP) is 4.06. The van der Waals surface area contributed by atoms with E-state index in [1.54, 1.807) is 31.4 Å². The van der Waals surface area contributed by atoms with Crippen molar-refractivity contribution in [1.29, 1.82) is 0 Å². The van der Waals surface area contributed by atoms with Gasteiger partial charge in [0.05, 0.1) is 31.6 Å². The molecule has 0 saturated carbocycles. The average Bonchev–Trinajstić information content (AvgIpc) is 3.35. The summed E-state index contributed by atoms with van der Waals surface area (Å²) < 4.78 is 11.0. The van der Waals surface area contributed by atoms with E-state index < -0.39 is 18.1 Å². The molecule has 7 nitrogen and oxygen atoms in total. The molecule has 3 atom stereocenters. The van der Waals surface area contributed by atoms with Gasteiger partial charge in [0.2, 0.25) is 5.91 Å². The summed E-state index contributed by atoms with van der Waals surface area (Å²) in [5.41, 5.74) is 3.00. The molecule has 33 heavy (non-hydrogen) atoms. The van der Waals surface area contributed by atoms with Gasteiger partial charge in [-0.05, 0) is 48.9 Å². The number of imide groups is 1. The van der Waals surface area contributed by atoms with E-state index in [1.807, 2.05) is 67.6 Å². The third-order valence-electron chi connectivity index (χ3n) is 6.15. The van der Waals surface area contributed by atoms with E-state index in [2.05, 4.69) is 0 Å². The van der Waals surface area contributed by atoms with Crippen LogP contribution in [-0.4, -0.2) is 32.1 Å². The predicted molar refractivity (Wildman–Crippen MR) is 123 cm³/mol. The van der Waals surface area contributed by atoms with Crippen LogP contribution in [0.4, 0.5) is 11.4 Å². The topological polar surface area (TPSA) is 68.3 Å². The zero-order valence-corrected chi connectivity index (χ0v) is 18.6. The molecule has 2 aliphatic heterocycles. The highest BCUT2D eigenvalue weighted by Crippen LogP contribution is 2.49. The Morgan fingerprint density at radius 1 is 0.818 bits per heavy atom. The van der Waals surface area contributed by atoms with Gasteiger partial charge in [-0.2, -0.15) is 0 Å². The van der Waals surface area contributed by atoms with Crippen LogP contribution in [0.1, 0.15) is 17.2 Å². The van der Waals surface area contributed by atoms with Crippen LogP contribution < -0.4 is 19.4 Å². The minimum absolute atomic E-state index is 0.295. The van der Waals surface area contributed by atoms with Crippen molar-refractivity contribution in [2.24, 2.45) is 5.92 Å². The molecule has 5 rings (SSSR count). The fourth-order valence-electron chi connectivity index (χ4n) is 4.61. The molecule has 0 aliphatic carbocycles. The Balaban J connectivity index is 1.62. The lowest BCUT2D eigenvalue weighted by atomic mass is 9.90. The van der Waals surface area contributed by atoms with E-state index in [9.17, 15) is 9.59 Å². The molecule has 2 saturated heterocycles. The van der Waals surface area contributed by atoms with Gasteiger partial charge in [0.25, 0.3) is 5.91 Å². The third-order valence-corrected chi connectivity index (χ3v) is 6.15. The maximum Gasteiger partial charge on any atom is 0.266 e. The first-order chi connectivity index (χ1) is 16.0. The van der Waals surface area contributed by atoms with Crippen molar-refractivity contribution >= 4 is 23.2 Å². The van der Waals surface area contributed by atoms with Crippen molar-refractivity contribution in [3.05, 3.63) is 83.9 Å². The van der Waals surface area contributed by atoms with Crippen molar-refractivity contribution in [3.8, 4) is 11.5 Å². The maximum absolute atomic E-state index is 13.7. The molecule has 0 aromatic heterocycles. The van der Waals surface area contributed by atoms with Crippen molar-refractivity contribution in [2.75, 3.05) is 24.2 Å². The molecule has 0 radical (unpaired) electrons. The van der Waals surface area contributed by atoms with Crippen LogP contribution in [0.3, 0.4) is 0 Å². The molecule has 2 heterocycles. The van der Waals surface area contributed by atoms with Gasteiger partial charge >= 0.3 is 0 Å². The number of anilines is 2. The Bertz CT molecular complexity index is 1210. The van der Waals surface area contributed by atoms with Crippen LogP contribution in [0.15, 0.2) is 72.8 Å². The molecule has 7 heteroatoms.